The molecule has 0 spiro atoms. The number of carbonyl (C=O) groups is 1. The molecule has 1 aromatic heterocycles. The maximum absolute atomic E-state index is 12.3. The lowest BCUT2D eigenvalue weighted by Gasteiger charge is -2.00. The number of rotatable bonds is 3. The lowest BCUT2D eigenvalue weighted by Crippen LogP contribution is -2.02. The largest absolute Gasteiger partial charge is 0.378 e. The summed E-state index contributed by atoms with van der Waals surface area (Å²) in [6.07, 6.45) is -2.86. The molecule has 0 atom stereocenters. The summed E-state index contributed by atoms with van der Waals surface area (Å²) in [5.41, 5.74) is -1.26. The fraction of sp³-hybridized carbons (Fsp3) is 0.143. The second-order valence-electron chi connectivity index (χ2n) is 2.44. The molecular weight excluding hydrogens is 278 g/mol. The minimum absolute atomic E-state index is 0.112. The number of aromatic nitrogens is 1. The highest BCUT2D eigenvalue weighted by molar-refractivity contribution is 9.10. The number of alkyl halides is 2. The van der Waals surface area contributed by atoms with Crippen molar-refractivity contribution in [3.05, 3.63) is 31.9 Å². The molecule has 0 aliphatic carbocycles. The molecule has 0 radical (unpaired) electrons. The zero-order chi connectivity index (χ0) is 11.6. The summed E-state index contributed by atoms with van der Waals surface area (Å²) >= 11 is 2.76. The summed E-state index contributed by atoms with van der Waals surface area (Å²) in [5.74, 6) is -0.740. The molecule has 0 unspecified atom stereocenters. The minimum atomic E-state index is -3.03. The van der Waals surface area contributed by atoms with E-state index >= 15 is 0 Å². The molecule has 0 saturated carbocycles. The van der Waals surface area contributed by atoms with E-state index < -0.39 is 22.9 Å². The van der Waals surface area contributed by atoms with E-state index in [4.69, 9.17) is 0 Å². The van der Waals surface area contributed by atoms with Crippen molar-refractivity contribution in [1.29, 1.82) is 0 Å². The first-order valence-corrected chi connectivity index (χ1v) is 4.34. The second kappa shape index (κ2) is 4.39. The first-order valence-electron chi connectivity index (χ1n) is 3.55. The zero-order valence-electron chi connectivity index (χ0n) is 6.99. The van der Waals surface area contributed by atoms with Crippen LogP contribution in [0, 0.1) is 10.1 Å². The van der Waals surface area contributed by atoms with E-state index in [1.807, 2.05) is 0 Å². The van der Waals surface area contributed by atoms with Crippen molar-refractivity contribution in [2.75, 3.05) is 0 Å². The van der Waals surface area contributed by atoms with Gasteiger partial charge in [0.2, 0.25) is 5.69 Å². The van der Waals surface area contributed by atoms with Gasteiger partial charge < -0.3 is 10.1 Å². The Morgan fingerprint density at radius 3 is 2.60 bits per heavy atom. The van der Waals surface area contributed by atoms with Gasteiger partial charge in [0, 0.05) is 0 Å². The third kappa shape index (κ3) is 2.32. The topological polar surface area (TPSA) is 73.1 Å². The second-order valence-corrected chi connectivity index (χ2v) is 3.30. The number of hydrogen-bond acceptors (Lipinski definition) is 4. The van der Waals surface area contributed by atoms with Gasteiger partial charge in [-0.15, -0.1) is 0 Å². The van der Waals surface area contributed by atoms with Crippen molar-refractivity contribution >= 4 is 28.0 Å². The van der Waals surface area contributed by atoms with Crippen LogP contribution in [0.25, 0.3) is 0 Å². The quantitative estimate of drug-likeness (QED) is 0.484. The van der Waals surface area contributed by atoms with Crippen LogP contribution in [-0.2, 0) is 0 Å². The smallest absolute Gasteiger partial charge is 0.358 e. The van der Waals surface area contributed by atoms with Crippen LogP contribution in [0.5, 0.6) is 0 Å². The van der Waals surface area contributed by atoms with Crippen LogP contribution in [-0.4, -0.2) is 16.2 Å². The summed E-state index contributed by atoms with van der Waals surface area (Å²) in [5, 5.41) is 10.4. The summed E-state index contributed by atoms with van der Waals surface area (Å²) in [6.45, 7) is 0. The van der Waals surface area contributed by atoms with Crippen molar-refractivity contribution in [1.82, 2.24) is 4.98 Å². The third-order valence-electron chi connectivity index (χ3n) is 1.52. The van der Waals surface area contributed by atoms with Crippen molar-refractivity contribution in [3.63, 3.8) is 0 Å². The van der Waals surface area contributed by atoms with Crippen LogP contribution in [0.2, 0.25) is 0 Å². The van der Waals surface area contributed by atoms with E-state index in [2.05, 4.69) is 20.9 Å². The van der Waals surface area contributed by atoms with E-state index in [0.717, 1.165) is 6.07 Å². The van der Waals surface area contributed by atoms with Crippen molar-refractivity contribution in [2.45, 2.75) is 6.43 Å². The number of hydrogen-bond donors (Lipinski definition) is 0. The van der Waals surface area contributed by atoms with Gasteiger partial charge in [0.15, 0.2) is 6.29 Å². The minimum Gasteiger partial charge on any atom is -0.358 e. The normalized spacial score (nSPS) is 10.4. The van der Waals surface area contributed by atoms with Gasteiger partial charge in [-0.2, -0.15) is 0 Å². The third-order valence-corrected chi connectivity index (χ3v) is 2.11. The molecule has 80 valence electrons. The Balaban J connectivity index is 3.43. The molecule has 0 saturated heterocycles. The number of nitro groups is 1. The van der Waals surface area contributed by atoms with Gasteiger partial charge >= 0.3 is 12.2 Å². The molecule has 0 aromatic carbocycles. The zero-order valence-corrected chi connectivity index (χ0v) is 8.57. The summed E-state index contributed by atoms with van der Waals surface area (Å²) in [4.78, 5) is 23.0. The fourth-order valence-electron chi connectivity index (χ4n) is 0.904. The fourth-order valence-corrected chi connectivity index (χ4v) is 1.38. The maximum atomic E-state index is 12.3. The lowest BCUT2D eigenvalue weighted by atomic mass is 10.2. The van der Waals surface area contributed by atoms with Crippen LogP contribution in [0.1, 0.15) is 22.5 Å². The van der Waals surface area contributed by atoms with E-state index in [9.17, 15) is 23.7 Å². The molecule has 1 aromatic rings. The lowest BCUT2D eigenvalue weighted by molar-refractivity contribution is -0.390. The predicted octanol–water partition coefficient (Wildman–Crippen LogP) is 2.50. The molecule has 0 aliphatic heterocycles. The van der Waals surface area contributed by atoms with Crippen molar-refractivity contribution < 1.29 is 18.5 Å². The SMILES string of the molecule is O=Cc1cc(Br)c([N+](=O)[O-])nc1C(F)F. The number of carbonyl (C=O) groups excluding carboxylic acids is 1. The Hall–Kier alpha value is -1.44. The molecule has 0 amide bonds. The highest BCUT2D eigenvalue weighted by atomic mass is 79.9. The van der Waals surface area contributed by atoms with E-state index in [-0.39, 0.29) is 16.3 Å². The van der Waals surface area contributed by atoms with Gasteiger partial charge in [0.25, 0.3) is 0 Å². The van der Waals surface area contributed by atoms with Crippen molar-refractivity contribution in [2.24, 2.45) is 0 Å². The molecule has 5 nitrogen and oxygen atoms in total. The molecule has 15 heavy (non-hydrogen) atoms. The van der Waals surface area contributed by atoms with E-state index in [1.165, 1.54) is 0 Å². The highest BCUT2D eigenvalue weighted by Gasteiger charge is 2.26. The standard InChI is InChI=1S/C7H3BrF2N2O3/c8-4-1-3(2-13)5(6(9)10)11-7(4)12(14)15/h1-2,6H. The van der Waals surface area contributed by atoms with Gasteiger partial charge in [0.05, 0.1) is 5.56 Å². The van der Waals surface area contributed by atoms with Crippen LogP contribution >= 0.6 is 15.9 Å². The van der Waals surface area contributed by atoms with Crippen LogP contribution in [0.15, 0.2) is 10.5 Å². The maximum Gasteiger partial charge on any atom is 0.378 e. The van der Waals surface area contributed by atoms with Gasteiger partial charge in [-0.3, -0.25) is 4.79 Å². The molecule has 0 N–H and O–H groups in total. The first kappa shape index (κ1) is 11.6. The first-order chi connectivity index (χ1) is 6.97. The van der Waals surface area contributed by atoms with Gasteiger partial charge in [0.1, 0.15) is 4.47 Å². The number of halogens is 3. The number of pyridine rings is 1. The number of aldehydes is 1. The Kier molecular flexibility index (Phi) is 3.40. The van der Waals surface area contributed by atoms with Crippen LogP contribution < -0.4 is 0 Å². The number of nitrogens with zero attached hydrogens (tertiary/aromatic N) is 2. The summed E-state index contributed by atoms with van der Waals surface area (Å²) < 4.78 is 24.5. The van der Waals surface area contributed by atoms with Crippen LogP contribution in [0.4, 0.5) is 14.6 Å². The van der Waals surface area contributed by atoms with Crippen LogP contribution in [0.3, 0.4) is 0 Å². The molecule has 1 rings (SSSR count). The monoisotopic (exact) mass is 280 g/mol. The van der Waals surface area contributed by atoms with E-state index in [0.29, 0.717) is 0 Å². The Morgan fingerprint density at radius 1 is 1.60 bits per heavy atom. The Labute approximate surface area is 90.4 Å². The van der Waals surface area contributed by atoms with E-state index in [1.54, 1.807) is 0 Å². The van der Waals surface area contributed by atoms with Gasteiger partial charge in [-0.1, -0.05) is 0 Å². The van der Waals surface area contributed by atoms with Gasteiger partial charge in [-0.25, -0.2) is 8.78 Å². The predicted molar refractivity (Wildman–Crippen MR) is 48.9 cm³/mol. The molecule has 0 fully saturated rings. The van der Waals surface area contributed by atoms with Gasteiger partial charge in [-0.05, 0) is 31.9 Å². The molecule has 0 aliphatic rings. The molecule has 0 bridgehead atoms. The Morgan fingerprint density at radius 2 is 2.20 bits per heavy atom. The average molecular weight is 281 g/mol. The summed E-state index contributed by atoms with van der Waals surface area (Å²) in [6, 6.07) is 0.944. The molecular formula is C7H3BrF2N2O3. The average Bonchev–Trinajstić information content (AvgIpc) is 2.16. The molecule has 8 heteroatoms. The Bertz CT molecular complexity index is 425. The van der Waals surface area contributed by atoms with Crippen molar-refractivity contribution in [3.8, 4) is 0 Å². The molecule has 1 heterocycles. The highest BCUT2D eigenvalue weighted by Crippen LogP contribution is 2.29. The summed E-state index contributed by atoms with van der Waals surface area (Å²) in [7, 11) is 0.